The maximum atomic E-state index is 11.7. The molecule has 2 rings (SSSR count). The summed E-state index contributed by atoms with van der Waals surface area (Å²) in [6, 6.07) is 2.00. The Balaban J connectivity index is 2.03. The molecule has 5 heteroatoms. The Morgan fingerprint density at radius 3 is 2.94 bits per heavy atom. The van der Waals surface area contributed by atoms with Gasteiger partial charge in [0.15, 0.2) is 0 Å². The number of hydrogen-bond donors (Lipinski definition) is 2. The van der Waals surface area contributed by atoms with Gasteiger partial charge in [0.05, 0.1) is 10.6 Å². The second kappa shape index (κ2) is 5.36. The summed E-state index contributed by atoms with van der Waals surface area (Å²) in [5, 5.41) is 6.50. The lowest BCUT2D eigenvalue weighted by Gasteiger charge is -2.08. The molecule has 0 saturated heterocycles. The number of amides is 1. The van der Waals surface area contributed by atoms with Gasteiger partial charge in [0.1, 0.15) is 5.82 Å². The Morgan fingerprint density at radius 2 is 2.35 bits per heavy atom. The molecule has 1 amide bonds. The maximum Gasteiger partial charge on any atom is 0.253 e. The van der Waals surface area contributed by atoms with Crippen LogP contribution in [0, 0.1) is 0 Å². The number of aromatic nitrogens is 1. The van der Waals surface area contributed by atoms with E-state index in [4.69, 9.17) is 11.6 Å². The Morgan fingerprint density at radius 1 is 1.59 bits per heavy atom. The lowest BCUT2D eigenvalue weighted by Crippen LogP contribution is -2.25. The van der Waals surface area contributed by atoms with Gasteiger partial charge < -0.3 is 10.6 Å². The molecule has 1 aliphatic rings. The van der Waals surface area contributed by atoms with Crippen molar-refractivity contribution in [2.24, 2.45) is 0 Å². The van der Waals surface area contributed by atoms with E-state index >= 15 is 0 Å². The Bertz CT molecular complexity index is 418. The Hall–Kier alpha value is -1.29. The topological polar surface area (TPSA) is 54.0 Å². The summed E-state index contributed by atoms with van der Waals surface area (Å²) in [6.07, 6.45) is 4.70. The van der Waals surface area contributed by atoms with Crippen LogP contribution >= 0.6 is 11.6 Å². The van der Waals surface area contributed by atoms with Gasteiger partial charge in [-0.05, 0) is 25.3 Å². The summed E-state index contributed by atoms with van der Waals surface area (Å²) in [4.78, 5) is 15.9. The fourth-order valence-corrected chi connectivity index (χ4v) is 1.67. The molecule has 92 valence electrons. The van der Waals surface area contributed by atoms with Gasteiger partial charge in [-0.25, -0.2) is 4.98 Å². The average Bonchev–Trinajstić information content (AvgIpc) is 3.11. The number of hydrogen-bond acceptors (Lipinski definition) is 3. The minimum atomic E-state index is -0.0936. The second-order valence-corrected chi connectivity index (χ2v) is 4.64. The van der Waals surface area contributed by atoms with Crippen molar-refractivity contribution in [1.29, 1.82) is 0 Å². The number of carbonyl (C=O) groups excluding carboxylic acids is 1. The molecule has 1 aliphatic carbocycles. The van der Waals surface area contributed by atoms with Gasteiger partial charge >= 0.3 is 0 Å². The van der Waals surface area contributed by atoms with E-state index in [0.717, 1.165) is 25.8 Å². The molecular formula is C12H16ClN3O. The summed E-state index contributed by atoms with van der Waals surface area (Å²) in [5.41, 5.74) is 0.518. The summed E-state index contributed by atoms with van der Waals surface area (Å²) in [7, 11) is 0. The summed E-state index contributed by atoms with van der Waals surface area (Å²) < 4.78 is 0. The van der Waals surface area contributed by atoms with Gasteiger partial charge in [-0.3, -0.25) is 4.79 Å². The molecule has 0 aliphatic heterocycles. The molecule has 0 spiro atoms. The van der Waals surface area contributed by atoms with E-state index in [2.05, 4.69) is 22.5 Å². The van der Waals surface area contributed by atoms with Gasteiger partial charge in [-0.15, -0.1) is 0 Å². The normalized spacial score (nSPS) is 14.5. The highest BCUT2D eigenvalue weighted by molar-refractivity contribution is 6.33. The van der Waals surface area contributed by atoms with Crippen LogP contribution in [-0.4, -0.2) is 23.5 Å². The van der Waals surface area contributed by atoms with Gasteiger partial charge in [0, 0.05) is 18.8 Å². The summed E-state index contributed by atoms with van der Waals surface area (Å²) >= 11 is 6.06. The van der Waals surface area contributed by atoms with Crippen molar-refractivity contribution >= 4 is 23.3 Å². The number of nitrogens with one attached hydrogen (secondary N) is 2. The molecule has 0 atom stereocenters. The van der Waals surface area contributed by atoms with Crippen molar-refractivity contribution in [2.75, 3.05) is 11.9 Å². The maximum absolute atomic E-state index is 11.7. The first-order valence-corrected chi connectivity index (χ1v) is 6.28. The van der Waals surface area contributed by atoms with Crippen molar-refractivity contribution in [3.05, 3.63) is 22.8 Å². The average molecular weight is 254 g/mol. The van der Waals surface area contributed by atoms with Crippen molar-refractivity contribution in [3.8, 4) is 0 Å². The minimum Gasteiger partial charge on any atom is -0.369 e. The standard InChI is InChI=1S/C12H16ClN3O/c1-2-5-14-11-10(13)6-8(7-15-11)12(17)16-9-3-4-9/h6-7,9H,2-5H2,1H3,(H,14,15)(H,16,17). The van der Waals surface area contributed by atoms with Crippen LogP contribution in [0.15, 0.2) is 12.3 Å². The number of halogens is 1. The number of nitrogens with zero attached hydrogens (tertiary/aromatic N) is 1. The van der Waals surface area contributed by atoms with Gasteiger partial charge in [0.2, 0.25) is 0 Å². The molecule has 0 unspecified atom stereocenters. The van der Waals surface area contributed by atoms with Crippen LogP contribution in [0.3, 0.4) is 0 Å². The van der Waals surface area contributed by atoms with Crippen molar-refractivity contribution < 1.29 is 4.79 Å². The molecule has 0 radical (unpaired) electrons. The van der Waals surface area contributed by atoms with Crippen LogP contribution in [0.1, 0.15) is 36.5 Å². The summed E-state index contributed by atoms with van der Waals surface area (Å²) in [6.45, 7) is 2.89. The number of anilines is 1. The van der Waals surface area contributed by atoms with E-state index in [1.54, 1.807) is 12.3 Å². The molecule has 2 N–H and O–H groups in total. The first-order valence-electron chi connectivity index (χ1n) is 5.91. The van der Waals surface area contributed by atoms with Crippen LogP contribution in [-0.2, 0) is 0 Å². The van der Waals surface area contributed by atoms with E-state index in [-0.39, 0.29) is 5.91 Å². The number of pyridine rings is 1. The van der Waals surface area contributed by atoms with E-state index in [1.807, 2.05) is 0 Å². The Kier molecular flexibility index (Phi) is 3.84. The largest absolute Gasteiger partial charge is 0.369 e. The van der Waals surface area contributed by atoms with Crippen LogP contribution < -0.4 is 10.6 Å². The van der Waals surface area contributed by atoms with E-state index < -0.39 is 0 Å². The quantitative estimate of drug-likeness (QED) is 0.848. The molecule has 1 saturated carbocycles. The molecule has 1 fully saturated rings. The van der Waals surface area contributed by atoms with Crippen LogP contribution in [0.25, 0.3) is 0 Å². The zero-order valence-corrected chi connectivity index (χ0v) is 10.5. The number of carbonyl (C=O) groups is 1. The third-order valence-corrected chi connectivity index (χ3v) is 2.85. The highest BCUT2D eigenvalue weighted by atomic mass is 35.5. The molecule has 1 aromatic heterocycles. The first-order chi connectivity index (χ1) is 8.20. The molecule has 0 aromatic carbocycles. The highest BCUT2D eigenvalue weighted by Crippen LogP contribution is 2.22. The molecule has 1 aromatic rings. The zero-order chi connectivity index (χ0) is 12.3. The van der Waals surface area contributed by atoms with Gasteiger partial charge in [-0.1, -0.05) is 18.5 Å². The molecule has 1 heterocycles. The molecular weight excluding hydrogens is 238 g/mol. The smallest absolute Gasteiger partial charge is 0.253 e. The van der Waals surface area contributed by atoms with E-state index in [9.17, 15) is 4.79 Å². The monoisotopic (exact) mass is 253 g/mol. The molecule has 0 bridgehead atoms. The third-order valence-electron chi connectivity index (χ3n) is 2.56. The van der Waals surface area contributed by atoms with Crippen molar-refractivity contribution in [2.45, 2.75) is 32.2 Å². The highest BCUT2D eigenvalue weighted by Gasteiger charge is 2.24. The fourth-order valence-electron chi connectivity index (χ4n) is 1.43. The van der Waals surface area contributed by atoms with Crippen molar-refractivity contribution in [1.82, 2.24) is 10.3 Å². The van der Waals surface area contributed by atoms with Crippen LogP contribution in [0.5, 0.6) is 0 Å². The lowest BCUT2D eigenvalue weighted by atomic mass is 10.2. The van der Waals surface area contributed by atoms with Crippen molar-refractivity contribution in [3.63, 3.8) is 0 Å². The minimum absolute atomic E-state index is 0.0936. The third kappa shape index (κ3) is 3.33. The van der Waals surface area contributed by atoms with Gasteiger partial charge in [-0.2, -0.15) is 0 Å². The first kappa shape index (κ1) is 12.2. The van der Waals surface area contributed by atoms with Crippen LogP contribution in [0.2, 0.25) is 5.02 Å². The lowest BCUT2D eigenvalue weighted by molar-refractivity contribution is 0.0951. The molecule has 4 nitrogen and oxygen atoms in total. The predicted octanol–water partition coefficient (Wildman–Crippen LogP) is 2.45. The fraction of sp³-hybridized carbons (Fsp3) is 0.500. The number of rotatable bonds is 5. The van der Waals surface area contributed by atoms with E-state index in [0.29, 0.717) is 22.4 Å². The second-order valence-electron chi connectivity index (χ2n) is 4.23. The van der Waals surface area contributed by atoms with Crippen LogP contribution in [0.4, 0.5) is 5.82 Å². The van der Waals surface area contributed by atoms with E-state index in [1.165, 1.54) is 0 Å². The predicted molar refractivity (Wildman–Crippen MR) is 68.5 cm³/mol. The SMILES string of the molecule is CCCNc1ncc(C(=O)NC2CC2)cc1Cl. The zero-order valence-electron chi connectivity index (χ0n) is 9.79. The van der Waals surface area contributed by atoms with Gasteiger partial charge in [0.25, 0.3) is 5.91 Å². The Labute approximate surface area is 106 Å². The molecule has 17 heavy (non-hydrogen) atoms. The summed E-state index contributed by atoms with van der Waals surface area (Å²) in [5.74, 6) is 0.542.